The van der Waals surface area contributed by atoms with E-state index in [9.17, 15) is 4.79 Å². The van der Waals surface area contributed by atoms with Crippen LogP contribution >= 0.6 is 11.8 Å². The summed E-state index contributed by atoms with van der Waals surface area (Å²) < 4.78 is 5.34. The summed E-state index contributed by atoms with van der Waals surface area (Å²) in [6, 6.07) is 7.53. The van der Waals surface area contributed by atoms with Crippen LogP contribution in [0, 0.1) is 0 Å². The normalized spacial score (nSPS) is 12.9. The Bertz CT molecular complexity index is 674. The van der Waals surface area contributed by atoms with Crippen LogP contribution in [0.1, 0.15) is 55.2 Å². The van der Waals surface area contributed by atoms with Gasteiger partial charge in [-0.25, -0.2) is 4.98 Å². The van der Waals surface area contributed by atoms with Gasteiger partial charge in [-0.15, -0.1) is 0 Å². The number of nitrogens with zero attached hydrogens (tertiary/aromatic N) is 1. The number of carbonyl (C=O) groups excluding carboxylic acids is 1. The minimum atomic E-state index is -0.300. The summed E-state index contributed by atoms with van der Waals surface area (Å²) in [6.45, 7) is 6.45. The zero-order chi connectivity index (χ0) is 17.7. The van der Waals surface area contributed by atoms with E-state index in [0.717, 1.165) is 17.9 Å². The molecular formula is C18H25N3O2S. The number of hydrogen-bond acceptors (Lipinski definition) is 5. The van der Waals surface area contributed by atoms with Crippen molar-refractivity contribution in [2.75, 3.05) is 17.3 Å². The van der Waals surface area contributed by atoms with Crippen molar-refractivity contribution in [2.24, 2.45) is 5.73 Å². The molecule has 0 saturated heterocycles. The number of rotatable bonds is 6. The first-order valence-electron chi connectivity index (χ1n) is 7.93. The Morgan fingerprint density at radius 3 is 2.58 bits per heavy atom. The number of hydrogen-bond donors (Lipinski definition) is 2. The van der Waals surface area contributed by atoms with Crippen LogP contribution in [0.15, 0.2) is 34.9 Å². The summed E-state index contributed by atoms with van der Waals surface area (Å²) in [5.74, 6) is 1.02. The number of amides is 1. The number of oxazole rings is 1. The molecule has 1 amide bonds. The second-order valence-corrected chi connectivity index (χ2v) is 7.73. The number of nitrogens with two attached hydrogens (primary N) is 1. The predicted molar refractivity (Wildman–Crippen MR) is 99.5 cm³/mol. The highest BCUT2D eigenvalue weighted by Gasteiger charge is 2.17. The summed E-state index contributed by atoms with van der Waals surface area (Å²) in [5, 5.41) is 2.83. The van der Waals surface area contributed by atoms with E-state index in [1.54, 1.807) is 11.8 Å². The smallest absolute Gasteiger partial charge is 0.277 e. The maximum absolute atomic E-state index is 12.3. The van der Waals surface area contributed by atoms with Crippen LogP contribution in [0.25, 0.3) is 0 Å². The number of thioether (sulfide) groups is 1. The topological polar surface area (TPSA) is 81.1 Å². The van der Waals surface area contributed by atoms with Gasteiger partial charge < -0.3 is 15.5 Å². The van der Waals surface area contributed by atoms with E-state index < -0.39 is 0 Å². The van der Waals surface area contributed by atoms with Crippen LogP contribution < -0.4 is 11.1 Å². The third-order valence-corrected chi connectivity index (χ3v) is 4.36. The predicted octanol–water partition coefficient (Wildman–Crippen LogP) is 3.98. The molecule has 0 aliphatic heterocycles. The largest absolute Gasteiger partial charge is 0.446 e. The second kappa shape index (κ2) is 7.85. The molecule has 2 rings (SSSR count). The number of aromatic nitrogens is 1. The fourth-order valence-corrected chi connectivity index (χ4v) is 2.67. The van der Waals surface area contributed by atoms with Crippen molar-refractivity contribution in [1.82, 2.24) is 4.98 Å². The number of carbonyl (C=O) groups is 1. The minimum Gasteiger partial charge on any atom is -0.446 e. The van der Waals surface area contributed by atoms with Crippen LogP contribution in [0.3, 0.4) is 0 Å². The number of benzene rings is 1. The second-order valence-electron chi connectivity index (χ2n) is 6.74. The van der Waals surface area contributed by atoms with Crippen molar-refractivity contribution >= 4 is 23.4 Å². The summed E-state index contributed by atoms with van der Waals surface area (Å²) >= 11 is 1.71. The van der Waals surface area contributed by atoms with Gasteiger partial charge in [-0.2, -0.15) is 11.8 Å². The lowest BCUT2D eigenvalue weighted by Crippen LogP contribution is -2.15. The summed E-state index contributed by atoms with van der Waals surface area (Å²) in [6.07, 6.45) is 4.14. The quantitative estimate of drug-likeness (QED) is 0.826. The maximum atomic E-state index is 12.3. The molecule has 0 aliphatic rings. The molecule has 2 aromatic rings. The van der Waals surface area contributed by atoms with Crippen molar-refractivity contribution < 1.29 is 9.21 Å². The molecule has 6 heteroatoms. The first-order valence-corrected chi connectivity index (χ1v) is 9.32. The Kier molecular flexibility index (Phi) is 6.07. The highest BCUT2D eigenvalue weighted by molar-refractivity contribution is 7.98. The molecule has 0 spiro atoms. The van der Waals surface area contributed by atoms with Crippen molar-refractivity contribution in [3.05, 3.63) is 47.7 Å². The van der Waals surface area contributed by atoms with E-state index in [1.165, 1.54) is 11.8 Å². The van der Waals surface area contributed by atoms with Gasteiger partial charge in [-0.1, -0.05) is 32.9 Å². The minimum absolute atomic E-state index is 0.0798. The SMILES string of the molecule is CSCCC(N)c1nc(C(=O)Nc2ccc(C(C)(C)C)cc2)co1. The Balaban J connectivity index is 2.01. The molecule has 24 heavy (non-hydrogen) atoms. The first kappa shape index (κ1) is 18.5. The van der Waals surface area contributed by atoms with Gasteiger partial charge in [0.15, 0.2) is 5.69 Å². The third kappa shape index (κ3) is 4.85. The maximum Gasteiger partial charge on any atom is 0.277 e. The summed E-state index contributed by atoms with van der Waals surface area (Å²) in [4.78, 5) is 16.5. The molecule has 3 N–H and O–H groups in total. The lowest BCUT2D eigenvalue weighted by molar-refractivity contribution is 0.102. The van der Waals surface area contributed by atoms with Crippen molar-refractivity contribution in [1.29, 1.82) is 0 Å². The van der Waals surface area contributed by atoms with Gasteiger partial charge in [0.2, 0.25) is 5.89 Å². The highest BCUT2D eigenvalue weighted by atomic mass is 32.2. The molecule has 0 radical (unpaired) electrons. The lowest BCUT2D eigenvalue weighted by atomic mass is 9.87. The molecule has 0 bridgehead atoms. The summed E-state index contributed by atoms with van der Waals surface area (Å²) in [5.41, 5.74) is 8.26. The number of anilines is 1. The zero-order valence-corrected chi connectivity index (χ0v) is 15.4. The van der Waals surface area contributed by atoms with Gasteiger partial charge in [0, 0.05) is 5.69 Å². The fourth-order valence-electron chi connectivity index (χ4n) is 2.18. The van der Waals surface area contributed by atoms with Gasteiger partial charge in [-0.3, -0.25) is 4.79 Å². The molecule has 1 aromatic heterocycles. The first-order chi connectivity index (χ1) is 11.3. The van der Waals surface area contributed by atoms with E-state index in [2.05, 4.69) is 31.1 Å². The Labute approximate surface area is 147 Å². The van der Waals surface area contributed by atoms with Gasteiger partial charge in [0.05, 0.1) is 6.04 Å². The zero-order valence-electron chi connectivity index (χ0n) is 14.6. The van der Waals surface area contributed by atoms with Gasteiger partial charge >= 0.3 is 0 Å². The highest BCUT2D eigenvalue weighted by Crippen LogP contribution is 2.23. The van der Waals surface area contributed by atoms with Crippen molar-refractivity contribution in [2.45, 2.75) is 38.6 Å². The van der Waals surface area contributed by atoms with Crippen LogP contribution in [-0.4, -0.2) is 22.9 Å². The lowest BCUT2D eigenvalue weighted by Gasteiger charge is -2.19. The van der Waals surface area contributed by atoms with E-state index in [-0.39, 0.29) is 23.1 Å². The third-order valence-electron chi connectivity index (χ3n) is 3.71. The van der Waals surface area contributed by atoms with Gasteiger partial charge in [0.1, 0.15) is 6.26 Å². The van der Waals surface area contributed by atoms with E-state index in [1.807, 2.05) is 30.5 Å². The molecular weight excluding hydrogens is 322 g/mol. The monoisotopic (exact) mass is 347 g/mol. The molecule has 1 heterocycles. The van der Waals surface area contributed by atoms with Crippen LogP contribution in [0.5, 0.6) is 0 Å². The Hall–Kier alpha value is -1.79. The molecule has 0 saturated carbocycles. The molecule has 0 aliphatic carbocycles. The number of nitrogens with one attached hydrogen (secondary N) is 1. The average molecular weight is 347 g/mol. The fraction of sp³-hybridized carbons (Fsp3) is 0.444. The van der Waals surface area contributed by atoms with E-state index in [4.69, 9.17) is 10.2 Å². The standard InChI is InChI=1S/C18H25N3O2S/c1-18(2,3)12-5-7-13(8-6-12)20-16(22)15-11-23-17(21-15)14(19)9-10-24-4/h5-8,11,14H,9-10,19H2,1-4H3,(H,20,22). The van der Waals surface area contributed by atoms with Gasteiger partial charge in [0.25, 0.3) is 5.91 Å². The van der Waals surface area contributed by atoms with Crippen LogP contribution in [0.2, 0.25) is 0 Å². The van der Waals surface area contributed by atoms with Crippen LogP contribution in [-0.2, 0) is 5.41 Å². The van der Waals surface area contributed by atoms with E-state index >= 15 is 0 Å². The molecule has 1 aromatic carbocycles. The molecule has 5 nitrogen and oxygen atoms in total. The van der Waals surface area contributed by atoms with Crippen LogP contribution in [0.4, 0.5) is 5.69 Å². The molecule has 1 unspecified atom stereocenters. The van der Waals surface area contributed by atoms with E-state index in [0.29, 0.717) is 5.89 Å². The Morgan fingerprint density at radius 1 is 1.33 bits per heavy atom. The molecule has 130 valence electrons. The molecule has 1 atom stereocenters. The van der Waals surface area contributed by atoms with Gasteiger partial charge in [-0.05, 0) is 41.5 Å². The van der Waals surface area contributed by atoms with Crippen molar-refractivity contribution in [3.8, 4) is 0 Å². The average Bonchev–Trinajstić information content (AvgIpc) is 3.02. The summed E-state index contributed by atoms with van der Waals surface area (Å²) in [7, 11) is 0. The van der Waals surface area contributed by atoms with Crippen molar-refractivity contribution in [3.63, 3.8) is 0 Å². The Morgan fingerprint density at radius 2 is 2.00 bits per heavy atom. The molecule has 0 fully saturated rings.